The molecule has 3 heteroatoms. The first kappa shape index (κ1) is 14.2. The first-order valence-electron chi connectivity index (χ1n) is 6.57. The average molecular weight is 270 g/mol. The van der Waals surface area contributed by atoms with Crippen molar-refractivity contribution < 1.29 is 14.6 Å². The number of benzene rings is 2. The summed E-state index contributed by atoms with van der Waals surface area (Å²) in [6.07, 6.45) is 3.89. The van der Waals surface area contributed by atoms with Crippen molar-refractivity contribution in [2.24, 2.45) is 0 Å². The second kappa shape index (κ2) is 7.36. The SMILES string of the molecule is C/C=C/c1cc(Oc2ccccc2)ccc1OCCO. The molecule has 0 amide bonds. The minimum atomic E-state index is -0.00243. The number of rotatable bonds is 6. The van der Waals surface area contributed by atoms with Crippen molar-refractivity contribution in [3.05, 3.63) is 60.2 Å². The van der Waals surface area contributed by atoms with E-state index in [1.54, 1.807) is 0 Å². The van der Waals surface area contributed by atoms with Gasteiger partial charge in [-0.1, -0.05) is 30.4 Å². The molecule has 0 aromatic heterocycles. The van der Waals surface area contributed by atoms with E-state index in [0.29, 0.717) is 0 Å². The minimum Gasteiger partial charge on any atom is -0.491 e. The predicted octanol–water partition coefficient (Wildman–Crippen LogP) is 3.88. The Kier molecular flexibility index (Phi) is 5.21. The number of allylic oxidation sites excluding steroid dienone is 1. The summed E-state index contributed by atoms with van der Waals surface area (Å²) >= 11 is 0. The van der Waals surface area contributed by atoms with Gasteiger partial charge in [-0.3, -0.25) is 0 Å². The molecule has 0 fully saturated rings. The molecule has 20 heavy (non-hydrogen) atoms. The molecule has 0 saturated heterocycles. The van der Waals surface area contributed by atoms with Crippen molar-refractivity contribution in [2.45, 2.75) is 6.92 Å². The largest absolute Gasteiger partial charge is 0.491 e. The third-order valence-electron chi connectivity index (χ3n) is 2.66. The first-order chi connectivity index (χ1) is 9.83. The number of hydrogen-bond donors (Lipinski definition) is 1. The van der Waals surface area contributed by atoms with Crippen LogP contribution < -0.4 is 9.47 Å². The summed E-state index contributed by atoms with van der Waals surface area (Å²) in [5, 5.41) is 8.83. The Balaban J connectivity index is 2.21. The van der Waals surface area contributed by atoms with Crippen molar-refractivity contribution in [3.63, 3.8) is 0 Å². The van der Waals surface area contributed by atoms with Crippen molar-refractivity contribution >= 4 is 6.08 Å². The third kappa shape index (κ3) is 3.87. The second-order valence-corrected chi connectivity index (χ2v) is 4.19. The van der Waals surface area contributed by atoms with Crippen molar-refractivity contribution in [2.75, 3.05) is 13.2 Å². The minimum absolute atomic E-state index is 0.00243. The summed E-state index contributed by atoms with van der Waals surface area (Å²) in [5.41, 5.74) is 0.925. The number of hydrogen-bond acceptors (Lipinski definition) is 3. The third-order valence-corrected chi connectivity index (χ3v) is 2.66. The summed E-state index contributed by atoms with van der Waals surface area (Å²) in [6, 6.07) is 15.2. The highest BCUT2D eigenvalue weighted by atomic mass is 16.5. The molecule has 0 spiro atoms. The standard InChI is InChI=1S/C17H18O3/c1-2-6-14-13-16(9-10-17(14)19-12-11-18)20-15-7-4-3-5-8-15/h2-10,13,18H,11-12H2,1H3/b6-2+. The summed E-state index contributed by atoms with van der Waals surface area (Å²) in [4.78, 5) is 0. The van der Waals surface area contributed by atoms with E-state index in [2.05, 4.69) is 0 Å². The molecule has 1 N–H and O–H groups in total. The molecule has 2 aromatic rings. The number of aliphatic hydroxyl groups excluding tert-OH is 1. The van der Waals surface area contributed by atoms with Crippen molar-refractivity contribution in [1.82, 2.24) is 0 Å². The molecular formula is C17H18O3. The van der Waals surface area contributed by atoms with Gasteiger partial charge < -0.3 is 14.6 Å². The zero-order valence-corrected chi connectivity index (χ0v) is 11.5. The number of para-hydroxylation sites is 1. The quantitative estimate of drug-likeness (QED) is 0.865. The summed E-state index contributed by atoms with van der Waals surface area (Å²) in [7, 11) is 0. The maximum Gasteiger partial charge on any atom is 0.128 e. The fourth-order valence-electron chi connectivity index (χ4n) is 1.81. The van der Waals surface area contributed by atoms with E-state index in [0.717, 1.165) is 22.8 Å². The van der Waals surface area contributed by atoms with Gasteiger partial charge in [0.1, 0.15) is 23.9 Å². The molecule has 0 heterocycles. The number of ether oxygens (including phenoxy) is 2. The van der Waals surface area contributed by atoms with Crippen molar-refractivity contribution in [3.8, 4) is 17.2 Å². The molecular weight excluding hydrogens is 252 g/mol. The second-order valence-electron chi connectivity index (χ2n) is 4.19. The van der Waals surface area contributed by atoms with Gasteiger partial charge in [0, 0.05) is 5.56 Å². The highest BCUT2D eigenvalue weighted by Gasteiger charge is 2.04. The Labute approximate surface area is 119 Å². The molecule has 0 atom stereocenters. The zero-order chi connectivity index (χ0) is 14.2. The van der Waals surface area contributed by atoms with Gasteiger partial charge in [-0.05, 0) is 37.3 Å². The van der Waals surface area contributed by atoms with E-state index < -0.39 is 0 Å². The van der Waals surface area contributed by atoms with Gasteiger partial charge in [0.2, 0.25) is 0 Å². The van der Waals surface area contributed by atoms with Crippen molar-refractivity contribution in [1.29, 1.82) is 0 Å². The molecule has 2 rings (SSSR count). The molecule has 0 radical (unpaired) electrons. The Hall–Kier alpha value is -2.26. The number of aliphatic hydroxyl groups is 1. The lowest BCUT2D eigenvalue weighted by Gasteiger charge is -2.11. The Morgan fingerprint density at radius 3 is 2.55 bits per heavy atom. The molecule has 104 valence electrons. The van der Waals surface area contributed by atoms with Crippen LogP contribution in [0.15, 0.2) is 54.6 Å². The molecule has 0 aliphatic heterocycles. The molecule has 2 aromatic carbocycles. The van der Waals surface area contributed by atoms with Crippen LogP contribution in [0.25, 0.3) is 6.08 Å². The van der Waals surface area contributed by atoms with E-state index in [1.165, 1.54) is 0 Å². The van der Waals surface area contributed by atoms with Crippen LogP contribution in [0.1, 0.15) is 12.5 Å². The monoisotopic (exact) mass is 270 g/mol. The topological polar surface area (TPSA) is 38.7 Å². The average Bonchev–Trinajstić information content (AvgIpc) is 2.48. The maximum absolute atomic E-state index is 8.83. The van der Waals surface area contributed by atoms with Gasteiger partial charge in [0.25, 0.3) is 0 Å². The fraction of sp³-hybridized carbons (Fsp3) is 0.176. The Morgan fingerprint density at radius 1 is 1.05 bits per heavy atom. The lowest BCUT2D eigenvalue weighted by atomic mass is 10.1. The van der Waals surface area contributed by atoms with Crippen LogP contribution in [0.2, 0.25) is 0 Å². The highest BCUT2D eigenvalue weighted by Crippen LogP contribution is 2.28. The molecule has 3 nitrogen and oxygen atoms in total. The van der Waals surface area contributed by atoms with Crippen LogP contribution in [0.5, 0.6) is 17.2 Å². The van der Waals surface area contributed by atoms with Gasteiger partial charge in [0.15, 0.2) is 0 Å². The molecule has 0 aliphatic carbocycles. The first-order valence-corrected chi connectivity index (χ1v) is 6.57. The molecule has 0 saturated carbocycles. The lowest BCUT2D eigenvalue weighted by Crippen LogP contribution is -2.02. The van der Waals surface area contributed by atoms with Crippen LogP contribution in [0.3, 0.4) is 0 Å². The summed E-state index contributed by atoms with van der Waals surface area (Å²) in [5.74, 6) is 2.28. The summed E-state index contributed by atoms with van der Waals surface area (Å²) in [6.45, 7) is 2.22. The zero-order valence-electron chi connectivity index (χ0n) is 11.5. The Morgan fingerprint density at radius 2 is 1.85 bits per heavy atom. The fourth-order valence-corrected chi connectivity index (χ4v) is 1.81. The molecule has 0 aliphatic rings. The highest BCUT2D eigenvalue weighted by molar-refractivity contribution is 5.59. The smallest absolute Gasteiger partial charge is 0.128 e. The maximum atomic E-state index is 8.83. The van der Waals surface area contributed by atoms with E-state index in [-0.39, 0.29) is 13.2 Å². The van der Waals surface area contributed by atoms with E-state index in [4.69, 9.17) is 14.6 Å². The van der Waals surface area contributed by atoms with Crippen LogP contribution in [-0.4, -0.2) is 18.3 Å². The van der Waals surface area contributed by atoms with Gasteiger partial charge in [-0.15, -0.1) is 0 Å². The van der Waals surface area contributed by atoms with Crippen LogP contribution in [0, 0.1) is 0 Å². The van der Waals surface area contributed by atoms with E-state index in [1.807, 2.05) is 67.6 Å². The van der Waals surface area contributed by atoms with Gasteiger partial charge in [0.05, 0.1) is 6.61 Å². The molecule has 0 unspecified atom stereocenters. The van der Waals surface area contributed by atoms with Crippen LogP contribution in [-0.2, 0) is 0 Å². The molecule has 0 bridgehead atoms. The van der Waals surface area contributed by atoms with Crippen LogP contribution >= 0.6 is 0 Å². The lowest BCUT2D eigenvalue weighted by molar-refractivity contribution is 0.201. The Bertz CT molecular complexity index is 562. The van der Waals surface area contributed by atoms with E-state index in [9.17, 15) is 0 Å². The van der Waals surface area contributed by atoms with E-state index >= 15 is 0 Å². The van der Waals surface area contributed by atoms with Gasteiger partial charge in [-0.25, -0.2) is 0 Å². The van der Waals surface area contributed by atoms with Gasteiger partial charge in [-0.2, -0.15) is 0 Å². The van der Waals surface area contributed by atoms with Gasteiger partial charge >= 0.3 is 0 Å². The summed E-state index contributed by atoms with van der Waals surface area (Å²) < 4.78 is 11.3. The predicted molar refractivity (Wildman–Crippen MR) is 80.2 cm³/mol. The normalized spacial score (nSPS) is 10.7. The van der Waals surface area contributed by atoms with Crippen LogP contribution in [0.4, 0.5) is 0 Å².